The second-order valence-corrected chi connectivity index (χ2v) is 8.10. The van der Waals surface area contributed by atoms with Crippen molar-refractivity contribution in [3.8, 4) is 0 Å². The summed E-state index contributed by atoms with van der Waals surface area (Å²) in [5.74, 6) is 0.0375. The van der Waals surface area contributed by atoms with Gasteiger partial charge in [0.1, 0.15) is 11.3 Å². The lowest BCUT2D eigenvalue weighted by atomic mass is 9.91. The van der Waals surface area contributed by atoms with Crippen molar-refractivity contribution in [2.75, 3.05) is 19.4 Å². The summed E-state index contributed by atoms with van der Waals surface area (Å²) in [6, 6.07) is 8.12. The number of rotatable bonds is 2. The molecule has 0 radical (unpaired) electrons. The third kappa shape index (κ3) is 3.46. The second kappa shape index (κ2) is 7.45. The van der Waals surface area contributed by atoms with E-state index in [2.05, 4.69) is 9.97 Å². The average molecular weight is 455 g/mol. The third-order valence-corrected chi connectivity index (χ3v) is 6.13. The van der Waals surface area contributed by atoms with Crippen LogP contribution in [-0.4, -0.2) is 38.8 Å². The van der Waals surface area contributed by atoms with Crippen LogP contribution < -0.4 is 5.73 Å². The Kier molecular flexibility index (Phi) is 4.78. The van der Waals surface area contributed by atoms with Gasteiger partial charge in [-0.1, -0.05) is 6.07 Å². The summed E-state index contributed by atoms with van der Waals surface area (Å²) < 4.78 is 47.1. The van der Waals surface area contributed by atoms with Gasteiger partial charge in [-0.3, -0.25) is 9.20 Å². The normalized spacial score (nSPS) is 18.5. The molecule has 1 aliphatic heterocycles. The number of nitrogens with zero attached hydrogens (tertiary/aromatic N) is 4. The topological polar surface area (TPSA) is 85.8 Å². The lowest BCUT2D eigenvalue weighted by Crippen LogP contribution is -2.37. The lowest BCUT2D eigenvalue weighted by molar-refractivity contribution is -0.137. The molecule has 0 saturated heterocycles. The molecule has 1 aliphatic rings. The van der Waals surface area contributed by atoms with E-state index in [1.807, 2.05) is 0 Å². The molecule has 4 aromatic rings. The van der Waals surface area contributed by atoms with E-state index in [0.717, 1.165) is 12.1 Å². The van der Waals surface area contributed by atoms with Crippen LogP contribution in [-0.2, 0) is 10.9 Å². The lowest BCUT2D eigenvalue weighted by Gasteiger charge is -2.36. The zero-order valence-electron chi connectivity index (χ0n) is 17.8. The van der Waals surface area contributed by atoms with E-state index in [4.69, 9.17) is 10.5 Å². The van der Waals surface area contributed by atoms with E-state index in [9.17, 15) is 18.0 Å². The molecule has 3 heterocycles. The quantitative estimate of drug-likeness (QED) is 0.485. The molecule has 2 aromatic heterocycles. The smallest absolute Gasteiger partial charge is 0.382 e. The van der Waals surface area contributed by atoms with Gasteiger partial charge in [0.25, 0.3) is 5.91 Å². The largest absolute Gasteiger partial charge is 0.416 e. The number of alkyl halides is 3. The number of likely N-dealkylation sites (N-methyl/N-ethyl adjacent to an activating group) is 1. The molecule has 2 aromatic carbocycles. The second-order valence-electron chi connectivity index (χ2n) is 8.10. The van der Waals surface area contributed by atoms with Crippen LogP contribution in [0.1, 0.15) is 46.1 Å². The molecule has 0 unspecified atom stereocenters. The third-order valence-electron chi connectivity index (χ3n) is 6.13. The highest BCUT2D eigenvalue weighted by Gasteiger charge is 2.35. The maximum absolute atomic E-state index is 13.4. The Morgan fingerprint density at radius 3 is 2.73 bits per heavy atom. The number of hydrogen-bond donors (Lipinski definition) is 1. The highest BCUT2D eigenvalue weighted by atomic mass is 19.4. The predicted molar refractivity (Wildman–Crippen MR) is 116 cm³/mol. The monoisotopic (exact) mass is 455 g/mol. The number of amides is 1. The molecule has 170 valence electrons. The van der Waals surface area contributed by atoms with Crippen molar-refractivity contribution in [1.82, 2.24) is 19.3 Å². The molecular formula is C23H20F3N5O2. The van der Waals surface area contributed by atoms with Crippen molar-refractivity contribution in [1.29, 1.82) is 0 Å². The van der Waals surface area contributed by atoms with E-state index in [-0.39, 0.29) is 12.5 Å². The molecule has 33 heavy (non-hydrogen) atoms. The highest BCUT2D eigenvalue weighted by molar-refractivity contribution is 5.98. The minimum Gasteiger partial charge on any atom is -0.382 e. The standard InChI is InChI=1S/C23H20F3N5O2/c1-12-16-8-14(23(24,25)26)4-5-15(16)20(10-33-12)30(2)22(32)13-3-6-17-18(7-13)31-11-28-9-19(31)21(27)29-17/h3-9,11-12,20H,10H2,1-2H3,(H2,27,29)/t12-,20-/m0/s1. The Morgan fingerprint density at radius 1 is 1.18 bits per heavy atom. The summed E-state index contributed by atoms with van der Waals surface area (Å²) in [5, 5.41) is 0. The first-order chi connectivity index (χ1) is 15.6. The summed E-state index contributed by atoms with van der Waals surface area (Å²) >= 11 is 0. The number of fused-ring (bicyclic) bond motifs is 4. The van der Waals surface area contributed by atoms with E-state index >= 15 is 0 Å². The van der Waals surface area contributed by atoms with Gasteiger partial charge in [-0.2, -0.15) is 13.2 Å². The van der Waals surface area contributed by atoms with Crippen LogP contribution >= 0.6 is 0 Å². The Bertz CT molecular complexity index is 1400. The predicted octanol–water partition coefficient (Wildman–Crippen LogP) is 4.39. The maximum Gasteiger partial charge on any atom is 0.416 e. The van der Waals surface area contributed by atoms with Crippen LogP contribution in [0.15, 0.2) is 48.9 Å². The number of hydrogen-bond acceptors (Lipinski definition) is 5. The van der Waals surface area contributed by atoms with Crippen molar-refractivity contribution in [3.05, 3.63) is 71.2 Å². The number of imidazole rings is 1. The maximum atomic E-state index is 13.4. The molecule has 2 atom stereocenters. The van der Waals surface area contributed by atoms with Crippen molar-refractivity contribution < 1.29 is 22.7 Å². The van der Waals surface area contributed by atoms with Gasteiger partial charge in [0.2, 0.25) is 0 Å². The number of benzene rings is 2. The molecule has 10 heteroatoms. The van der Waals surface area contributed by atoms with Gasteiger partial charge >= 0.3 is 6.18 Å². The van der Waals surface area contributed by atoms with Crippen LogP contribution in [0.4, 0.5) is 19.0 Å². The zero-order valence-corrected chi connectivity index (χ0v) is 17.8. The number of carbonyl (C=O) groups is 1. The molecule has 7 nitrogen and oxygen atoms in total. The zero-order chi connectivity index (χ0) is 23.5. The van der Waals surface area contributed by atoms with Gasteiger partial charge in [-0.25, -0.2) is 9.97 Å². The fourth-order valence-corrected chi connectivity index (χ4v) is 4.29. The summed E-state index contributed by atoms with van der Waals surface area (Å²) in [6.07, 6.45) is -1.77. The van der Waals surface area contributed by atoms with Gasteiger partial charge in [-0.05, 0) is 48.4 Å². The number of nitrogen functional groups attached to an aromatic ring is 1. The van der Waals surface area contributed by atoms with Crippen molar-refractivity contribution >= 4 is 28.3 Å². The SMILES string of the molecule is C[C@@H]1OC[C@H](N(C)C(=O)c2ccc3nc(N)c4cncn4c3c2)c2ccc(C(F)(F)F)cc21. The molecule has 0 bridgehead atoms. The molecule has 0 fully saturated rings. The number of anilines is 1. The first-order valence-corrected chi connectivity index (χ1v) is 10.3. The first kappa shape index (κ1) is 21.2. The number of aromatic nitrogens is 3. The number of carbonyl (C=O) groups excluding carboxylic acids is 1. The van der Waals surface area contributed by atoms with Crippen LogP contribution in [0.25, 0.3) is 16.6 Å². The van der Waals surface area contributed by atoms with E-state index in [0.29, 0.717) is 39.1 Å². The van der Waals surface area contributed by atoms with Crippen molar-refractivity contribution in [2.45, 2.75) is 25.2 Å². The summed E-state index contributed by atoms with van der Waals surface area (Å²) in [4.78, 5) is 23.3. The van der Waals surface area contributed by atoms with Crippen molar-refractivity contribution in [2.24, 2.45) is 0 Å². The fraction of sp³-hybridized carbons (Fsp3) is 0.261. The average Bonchev–Trinajstić information content (AvgIpc) is 3.29. The molecule has 1 amide bonds. The molecule has 0 saturated carbocycles. The minimum atomic E-state index is -4.45. The molecule has 2 N–H and O–H groups in total. The van der Waals surface area contributed by atoms with Gasteiger partial charge in [0.05, 0.1) is 47.9 Å². The van der Waals surface area contributed by atoms with Crippen LogP contribution in [0.3, 0.4) is 0 Å². The van der Waals surface area contributed by atoms with E-state index in [1.54, 1.807) is 49.1 Å². The number of halogens is 3. The Morgan fingerprint density at radius 2 is 1.97 bits per heavy atom. The van der Waals surface area contributed by atoms with Crippen LogP contribution in [0.2, 0.25) is 0 Å². The number of ether oxygens (including phenoxy) is 1. The van der Waals surface area contributed by atoms with Gasteiger partial charge in [0.15, 0.2) is 0 Å². The van der Waals surface area contributed by atoms with Gasteiger partial charge < -0.3 is 15.4 Å². The summed E-state index contributed by atoms with van der Waals surface area (Å²) in [5.41, 5.74) is 8.61. The Labute approximate surface area is 186 Å². The van der Waals surface area contributed by atoms with Crippen molar-refractivity contribution in [3.63, 3.8) is 0 Å². The minimum absolute atomic E-state index is 0.180. The molecule has 0 aliphatic carbocycles. The summed E-state index contributed by atoms with van der Waals surface area (Å²) in [7, 11) is 1.62. The van der Waals surface area contributed by atoms with Gasteiger partial charge in [-0.15, -0.1) is 0 Å². The molecule has 0 spiro atoms. The van der Waals surface area contributed by atoms with E-state index in [1.165, 1.54) is 11.0 Å². The summed E-state index contributed by atoms with van der Waals surface area (Å²) in [6.45, 7) is 1.88. The molecule has 5 rings (SSSR count). The van der Waals surface area contributed by atoms with Gasteiger partial charge in [0, 0.05) is 12.6 Å². The van der Waals surface area contributed by atoms with Crippen LogP contribution in [0, 0.1) is 0 Å². The molecular weight excluding hydrogens is 435 g/mol. The number of nitrogens with two attached hydrogens (primary N) is 1. The van der Waals surface area contributed by atoms with E-state index < -0.39 is 23.9 Å². The fourth-order valence-electron chi connectivity index (χ4n) is 4.29. The van der Waals surface area contributed by atoms with Crippen LogP contribution in [0.5, 0.6) is 0 Å². The Hall–Kier alpha value is -3.66. The highest BCUT2D eigenvalue weighted by Crippen LogP contribution is 2.39. The Balaban J connectivity index is 1.52. The first-order valence-electron chi connectivity index (χ1n) is 10.3.